The molecule has 0 saturated heterocycles. The van der Waals surface area contributed by atoms with Crippen LogP contribution in [-0.4, -0.2) is 57.9 Å². The van der Waals surface area contributed by atoms with Gasteiger partial charge in [-0.1, -0.05) is 12.1 Å². The monoisotopic (exact) mass is 296 g/mol. The second kappa shape index (κ2) is 10.0. The van der Waals surface area contributed by atoms with Gasteiger partial charge < -0.3 is 24.8 Å². The summed E-state index contributed by atoms with van der Waals surface area (Å²) < 4.78 is 15.6. The van der Waals surface area contributed by atoms with E-state index in [4.69, 9.17) is 19.9 Å². The molecule has 21 heavy (non-hydrogen) atoms. The van der Waals surface area contributed by atoms with Gasteiger partial charge in [0.15, 0.2) is 0 Å². The molecule has 0 bridgehead atoms. The van der Waals surface area contributed by atoms with Crippen molar-refractivity contribution in [3.8, 4) is 5.75 Å². The van der Waals surface area contributed by atoms with Gasteiger partial charge in [-0.25, -0.2) is 0 Å². The van der Waals surface area contributed by atoms with Crippen LogP contribution in [0.1, 0.15) is 6.42 Å². The first-order valence-electron chi connectivity index (χ1n) is 6.92. The lowest BCUT2D eigenvalue weighted by Crippen LogP contribution is -2.37. The first-order chi connectivity index (χ1) is 10.2. The van der Waals surface area contributed by atoms with Gasteiger partial charge in [0.2, 0.25) is 5.91 Å². The number of carbonyl (C=O) groups excluding carboxylic acids is 1. The van der Waals surface area contributed by atoms with Crippen LogP contribution in [-0.2, 0) is 14.3 Å². The second-order valence-electron chi connectivity index (χ2n) is 4.50. The van der Waals surface area contributed by atoms with E-state index in [2.05, 4.69) is 0 Å². The fraction of sp³-hybridized carbons (Fsp3) is 0.533. The molecule has 0 aliphatic rings. The highest BCUT2D eigenvalue weighted by molar-refractivity contribution is 5.76. The molecule has 0 aliphatic heterocycles. The third kappa shape index (κ3) is 6.46. The van der Waals surface area contributed by atoms with Crippen LogP contribution in [0.15, 0.2) is 24.3 Å². The molecule has 118 valence electrons. The number of carbonyl (C=O) groups is 1. The first kappa shape index (κ1) is 17.3. The maximum absolute atomic E-state index is 12.1. The fourth-order valence-electron chi connectivity index (χ4n) is 1.78. The van der Waals surface area contributed by atoms with E-state index in [0.29, 0.717) is 50.8 Å². The molecule has 1 amide bonds. The van der Waals surface area contributed by atoms with Crippen LogP contribution < -0.4 is 10.5 Å². The molecule has 0 saturated carbocycles. The minimum Gasteiger partial charge on any atom is -0.491 e. The van der Waals surface area contributed by atoms with E-state index >= 15 is 0 Å². The molecular formula is C15H24N2O4. The molecule has 0 heterocycles. The number of nitrogens with zero attached hydrogens (tertiary/aromatic N) is 1. The summed E-state index contributed by atoms with van der Waals surface area (Å²) in [6, 6.07) is 7.23. The first-order valence-corrected chi connectivity index (χ1v) is 6.92. The highest BCUT2D eigenvalue weighted by Gasteiger charge is 2.13. The topological polar surface area (TPSA) is 74.0 Å². The van der Waals surface area contributed by atoms with Gasteiger partial charge in [0.1, 0.15) is 5.75 Å². The SMILES string of the molecule is COCCN(CCOC)C(=O)CCOc1ccccc1N. The fourth-order valence-corrected chi connectivity index (χ4v) is 1.78. The molecule has 1 rings (SSSR count). The van der Waals surface area contributed by atoms with Gasteiger partial charge in [-0.2, -0.15) is 0 Å². The molecule has 6 heteroatoms. The Kier molecular flexibility index (Phi) is 8.23. The number of anilines is 1. The van der Waals surface area contributed by atoms with Gasteiger partial charge in [-0.05, 0) is 12.1 Å². The van der Waals surface area contributed by atoms with Crippen LogP contribution >= 0.6 is 0 Å². The summed E-state index contributed by atoms with van der Waals surface area (Å²) >= 11 is 0. The number of methoxy groups -OCH3 is 2. The van der Waals surface area contributed by atoms with Crippen molar-refractivity contribution in [2.75, 3.05) is 52.9 Å². The summed E-state index contributed by atoms with van der Waals surface area (Å²) in [6.45, 7) is 2.39. The van der Waals surface area contributed by atoms with E-state index in [1.165, 1.54) is 0 Å². The molecule has 0 aliphatic carbocycles. The zero-order valence-electron chi connectivity index (χ0n) is 12.7. The van der Waals surface area contributed by atoms with Gasteiger partial charge in [0.05, 0.1) is 31.9 Å². The minimum atomic E-state index is 0.0126. The van der Waals surface area contributed by atoms with Crippen molar-refractivity contribution in [1.29, 1.82) is 0 Å². The zero-order chi connectivity index (χ0) is 15.5. The van der Waals surface area contributed by atoms with E-state index < -0.39 is 0 Å². The molecule has 0 fully saturated rings. The normalized spacial score (nSPS) is 10.4. The average molecular weight is 296 g/mol. The van der Waals surface area contributed by atoms with Crippen LogP contribution in [0.25, 0.3) is 0 Å². The maximum atomic E-state index is 12.1. The summed E-state index contributed by atoms with van der Waals surface area (Å²) in [5.74, 6) is 0.615. The molecule has 0 spiro atoms. The number of ether oxygens (including phenoxy) is 3. The standard InChI is InChI=1S/C15H24N2O4/c1-19-11-8-17(9-12-20-2)15(18)7-10-21-14-6-4-3-5-13(14)16/h3-6H,7-12,16H2,1-2H3. The predicted molar refractivity (Wildman–Crippen MR) is 81.3 cm³/mol. The summed E-state index contributed by atoms with van der Waals surface area (Å²) in [5, 5.41) is 0. The summed E-state index contributed by atoms with van der Waals surface area (Å²) in [6.07, 6.45) is 0.293. The third-order valence-electron chi connectivity index (χ3n) is 2.98. The molecule has 0 atom stereocenters. The highest BCUT2D eigenvalue weighted by atomic mass is 16.5. The predicted octanol–water partition coefficient (Wildman–Crippen LogP) is 1.16. The summed E-state index contributed by atoms with van der Waals surface area (Å²) in [7, 11) is 3.22. The third-order valence-corrected chi connectivity index (χ3v) is 2.98. The van der Waals surface area contributed by atoms with Crippen LogP contribution in [0.5, 0.6) is 5.75 Å². The minimum absolute atomic E-state index is 0.0126. The molecule has 2 N–H and O–H groups in total. The number of benzene rings is 1. The molecular weight excluding hydrogens is 272 g/mol. The van der Waals surface area contributed by atoms with E-state index in [1.807, 2.05) is 12.1 Å². The number of hydrogen-bond donors (Lipinski definition) is 1. The lowest BCUT2D eigenvalue weighted by molar-refractivity contribution is -0.133. The number of para-hydroxylation sites is 2. The van der Waals surface area contributed by atoms with Crippen molar-refractivity contribution in [3.63, 3.8) is 0 Å². The molecule has 0 radical (unpaired) electrons. The van der Waals surface area contributed by atoms with Crippen molar-refractivity contribution < 1.29 is 19.0 Å². The van der Waals surface area contributed by atoms with E-state index in [0.717, 1.165) is 0 Å². The number of rotatable bonds is 10. The van der Waals surface area contributed by atoms with Crippen molar-refractivity contribution in [2.45, 2.75) is 6.42 Å². The van der Waals surface area contributed by atoms with Gasteiger partial charge >= 0.3 is 0 Å². The Morgan fingerprint density at radius 1 is 1.10 bits per heavy atom. The molecule has 1 aromatic carbocycles. The smallest absolute Gasteiger partial charge is 0.226 e. The Labute approximate surface area is 125 Å². The highest BCUT2D eigenvalue weighted by Crippen LogP contribution is 2.19. The van der Waals surface area contributed by atoms with E-state index in [-0.39, 0.29) is 5.91 Å². The average Bonchev–Trinajstić information content (AvgIpc) is 2.49. The summed E-state index contributed by atoms with van der Waals surface area (Å²) in [5.41, 5.74) is 6.35. The van der Waals surface area contributed by atoms with Gasteiger partial charge in [0, 0.05) is 27.3 Å². The Morgan fingerprint density at radius 2 is 1.71 bits per heavy atom. The molecule has 1 aromatic rings. The van der Waals surface area contributed by atoms with Gasteiger partial charge in [0.25, 0.3) is 0 Å². The van der Waals surface area contributed by atoms with Gasteiger partial charge in [-0.3, -0.25) is 4.79 Å². The van der Waals surface area contributed by atoms with Crippen molar-refractivity contribution in [2.24, 2.45) is 0 Å². The Balaban J connectivity index is 2.40. The molecule has 6 nitrogen and oxygen atoms in total. The van der Waals surface area contributed by atoms with Crippen molar-refractivity contribution in [3.05, 3.63) is 24.3 Å². The number of hydrogen-bond acceptors (Lipinski definition) is 5. The van der Waals surface area contributed by atoms with Gasteiger partial charge in [-0.15, -0.1) is 0 Å². The van der Waals surface area contributed by atoms with Crippen LogP contribution in [0.3, 0.4) is 0 Å². The lowest BCUT2D eigenvalue weighted by Gasteiger charge is -2.22. The number of amides is 1. The molecule has 0 aromatic heterocycles. The maximum Gasteiger partial charge on any atom is 0.226 e. The van der Waals surface area contributed by atoms with Crippen molar-refractivity contribution in [1.82, 2.24) is 4.90 Å². The number of nitrogens with two attached hydrogens (primary N) is 1. The number of nitrogen functional groups attached to an aromatic ring is 1. The van der Waals surface area contributed by atoms with Crippen molar-refractivity contribution >= 4 is 11.6 Å². The largest absolute Gasteiger partial charge is 0.491 e. The van der Waals surface area contributed by atoms with E-state index in [9.17, 15) is 4.79 Å². The second-order valence-corrected chi connectivity index (χ2v) is 4.50. The molecule has 0 unspecified atom stereocenters. The van der Waals surface area contributed by atoms with E-state index in [1.54, 1.807) is 31.3 Å². The Bertz CT molecular complexity index is 418. The van der Waals surface area contributed by atoms with Crippen LogP contribution in [0, 0.1) is 0 Å². The summed E-state index contributed by atoms with van der Waals surface area (Å²) in [4.78, 5) is 13.8. The zero-order valence-corrected chi connectivity index (χ0v) is 12.7. The Hall–Kier alpha value is -1.79. The van der Waals surface area contributed by atoms with Crippen LogP contribution in [0.4, 0.5) is 5.69 Å². The van der Waals surface area contributed by atoms with Crippen LogP contribution in [0.2, 0.25) is 0 Å². The quantitative estimate of drug-likeness (QED) is 0.656. The Morgan fingerprint density at radius 3 is 2.29 bits per heavy atom. The lowest BCUT2D eigenvalue weighted by atomic mass is 10.3.